The molecule has 13 nitrogen and oxygen atoms in total. The van der Waals surface area contributed by atoms with Crippen LogP contribution in [-0.4, -0.2) is 173 Å². The van der Waals surface area contributed by atoms with Gasteiger partial charge in [0.2, 0.25) is 0 Å². The second-order valence-corrected chi connectivity index (χ2v) is 32.7. The quantitative estimate of drug-likeness (QED) is 0.0117. The average molecular weight is 1670 g/mol. The Labute approximate surface area is 675 Å². The summed E-state index contributed by atoms with van der Waals surface area (Å²) in [5, 5.41) is 45.2. The van der Waals surface area contributed by atoms with Gasteiger partial charge in [0.15, 0.2) is 20.0 Å². The van der Waals surface area contributed by atoms with Gasteiger partial charge in [-0.05, 0) is 66.0 Å². The van der Waals surface area contributed by atoms with Crippen molar-refractivity contribution in [3.63, 3.8) is 0 Å². The molecule has 1 heterocycles. The van der Waals surface area contributed by atoms with Crippen molar-refractivity contribution < 1.29 is 113 Å². The van der Waals surface area contributed by atoms with Gasteiger partial charge in [0, 0.05) is 67.3 Å². The van der Waals surface area contributed by atoms with Gasteiger partial charge in [-0.25, -0.2) is 16.8 Å². The second-order valence-electron chi connectivity index (χ2n) is 28.5. The zero-order chi connectivity index (χ0) is 78.1. The number of benzene rings is 7. The minimum atomic E-state index is -6.72. The normalized spacial score (nSPS) is 16.7. The van der Waals surface area contributed by atoms with Crippen LogP contribution in [0, 0.1) is 17.8 Å². The van der Waals surface area contributed by atoms with Crippen LogP contribution in [0.25, 0.3) is 4.13 Å². The first-order valence-corrected chi connectivity index (χ1v) is 38.6. The Hall–Kier alpha value is -5.56. The zero-order valence-electron chi connectivity index (χ0n) is 63.5. The number of quaternary nitrogens is 3. The van der Waals surface area contributed by atoms with Gasteiger partial charge >= 0.3 is 29.9 Å². The van der Waals surface area contributed by atoms with Crippen molar-refractivity contribution in [2.75, 3.05) is 101 Å². The van der Waals surface area contributed by atoms with Gasteiger partial charge in [0.05, 0.1) is 80.2 Å². The molecule has 24 heteroatoms. The first kappa shape index (κ1) is 104. The third-order valence-corrected chi connectivity index (χ3v) is 21.6. The van der Waals surface area contributed by atoms with Gasteiger partial charge < -0.3 is 59.9 Å². The number of hydrogen-bond acceptors (Lipinski definition) is 9. The predicted octanol–water partition coefficient (Wildman–Crippen LogP) is 11.4. The Morgan fingerprint density at radius 1 is 0.528 bits per heavy atom. The van der Waals surface area contributed by atoms with Crippen molar-refractivity contribution >= 4 is 36.0 Å². The summed E-state index contributed by atoms with van der Waals surface area (Å²) in [7, 11) is 1.66. The molecule has 596 valence electrons. The summed E-state index contributed by atoms with van der Waals surface area (Å²) in [4.78, 5) is 2.13. The fourth-order valence-corrected chi connectivity index (χ4v) is 14.9. The monoisotopic (exact) mass is 1670 g/mol. The number of likely N-dealkylation sites (tertiary alicyclic amines) is 1. The minimum Gasteiger partial charge on any atom is -1.00 e. The van der Waals surface area contributed by atoms with E-state index in [1.165, 1.54) is 24.9 Å². The van der Waals surface area contributed by atoms with Crippen LogP contribution in [0.5, 0.6) is 0 Å². The summed E-state index contributed by atoms with van der Waals surface area (Å²) in [5.41, 5.74) is -7.23. The number of allylic oxidation sites excluding steroid dienone is 1. The van der Waals surface area contributed by atoms with Crippen LogP contribution >= 0.6 is 15.9 Å². The Bertz CT molecular complexity index is 3660. The third kappa shape index (κ3) is 34.6. The summed E-state index contributed by atoms with van der Waals surface area (Å²) in [6.07, 6.45) is 11.1. The molecule has 7 aromatic carbocycles. The van der Waals surface area contributed by atoms with Crippen LogP contribution < -0.4 is 35.8 Å². The van der Waals surface area contributed by atoms with Crippen LogP contribution in [-0.2, 0) is 62.7 Å². The second kappa shape index (κ2) is 49.0. The molecule has 1 unspecified atom stereocenters. The Balaban J connectivity index is 0. The van der Waals surface area contributed by atoms with E-state index in [9.17, 15) is 63.6 Å². The Morgan fingerprint density at radius 2 is 0.806 bits per heavy atom. The first-order chi connectivity index (χ1) is 48.6. The third-order valence-electron chi connectivity index (χ3n) is 18.4. The van der Waals surface area contributed by atoms with Crippen molar-refractivity contribution in [1.29, 1.82) is 0 Å². The SMILES string of the molecule is C.C.C=CCCBr.C=CC[N+](C)(C)C[C@@H](C)[C@@](O)(Cc1ccccc1)c1ccccc1.C=CC[N+](C)(C)C[C@@H](C)[C@@](O)(Cc1ccccc1)c1ccccc1.C[C@H](CN(C)C)[C@@](O)(Cc1ccccc1)c1ccccc1.C[N+]1(Cc2ccccc2)CCC[C@H]1CO.O=S(=O)([N-]S(=O)(=O)C(F)(F)F)C(F)(F)F.[Br-].[Li+]. The summed E-state index contributed by atoms with van der Waals surface area (Å²) in [5.74, 6) is 0.347. The molecule has 0 spiro atoms. The predicted molar refractivity (Wildman–Crippen MR) is 428 cm³/mol. The van der Waals surface area contributed by atoms with E-state index in [2.05, 4.69) is 163 Å². The van der Waals surface area contributed by atoms with Crippen LogP contribution in [0.15, 0.2) is 250 Å². The molecule has 1 saturated heterocycles. The number of halogens is 8. The number of aliphatic hydroxyl groups excluding tert-OH is 1. The number of rotatable bonds is 29. The number of likely N-dealkylation sites (N-methyl/N-ethyl adjacent to an activating group) is 3. The summed E-state index contributed by atoms with van der Waals surface area (Å²) >= 11 is 3.24. The van der Waals surface area contributed by atoms with E-state index in [4.69, 9.17) is 0 Å². The summed E-state index contributed by atoms with van der Waals surface area (Å²) in [6.45, 7) is 24.6. The van der Waals surface area contributed by atoms with Crippen LogP contribution in [0.4, 0.5) is 26.3 Å². The van der Waals surface area contributed by atoms with E-state index in [1.807, 2.05) is 178 Å². The molecule has 8 atom stereocenters. The number of aliphatic hydroxyl groups is 4. The maximum Gasteiger partial charge on any atom is 1.00 e. The molecule has 0 radical (unpaired) electrons. The van der Waals surface area contributed by atoms with Crippen molar-refractivity contribution in [1.82, 2.24) is 4.90 Å². The largest absolute Gasteiger partial charge is 1.00 e. The van der Waals surface area contributed by atoms with E-state index < -0.39 is 47.9 Å². The molecule has 0 aromatic heterocycles. The van der Waals surface area contributed by atoms with Crippen molar-refractivity contribution in [3.8, 4) is 0 Å². The van der Waals surface area contributed by atoms with E-state index in [-0.39, 0.29) is 68.4 Å². The van der Waals surface area contributed by atoms with Gasteiger partial charge in [-0.3, -0.25) is 0 Å². The number of hydrogen-bond donors (Lipinski definition) is 4. The first-order valence-electron chi connectivity index (χ1n) is 34.6. The number of nitrogens with zero attached hydrogens (tertiary/aromatic N) is 5. The molecule has 1 aliphatic rings. The molecule has 8 rings (SSSR count). The average Bonchev–Trinajstić information content (AvgIpc) is 1.30. The molecular formula is C84H120Br2F6LiN5O8S2+2. The topological polar surface area (TPSA) is 167 Å². The number of sulfonamides is 2. The molecule has 0 saturated carbocycles. The maximum absolute atomic E-state index is 11.7. The van der Waals surface area contributed by atoms with Gasteiger partial charge in [0.25, 0.3) is 0 Å². The van der Waals surface area contributed by atoms with Crippen molar-refractivity contribution in [3.05, 3.63) is 293 Å². The molecular weight excluding hydrogens is 1550 g/mol. The smallest absolute Gasteiger partial charge is 1.00 e. The Morgan fingerprint density at radius 3 is 1.05 bits per heavy atom. The maximum atomic E-state index is 11.7. The summed E-state index contributed by atoms with van der Waals surface area (Å²) in [6, 6.07) is 71.9. The fourth-order valence-electron chi connectivity index (χ4n) is 12.9. The molecule has 7 aromatic rings. The van der Waals surface area contributed by atoms with Crippen LogP contribution in [0.2, 0.25) is 0 Å². The molecule has 1 aliphatic heterocycles. The molecule has 0 bridgehead atoms. The van der Waals surface area contributed by atoms with E-state index in [0.717, 1.165) is 102 Å². The number of alkyl halides is 7. The van der Waals surface area contributed by atoms with E-state index in [1.54, 1.807) is 0 Å². The molecule has 0 aliphatic carbocycles. The van der Waals surface area contributed by atoms with E-state index >= 15 is 0 Å². The van der Waals surface area contributed by atoms with Gasteiger partial charge in [-0.2, -0.15) is 26.3 Å². The van der Waals surface area contributed by atoms with Crippen molar-refractivity contribution in [2.24, 2.45) is 17.8 Å². The van der Waals surface area contributed by atoms with Crippen LogP contribution in [0.3, 0.4) is 0 Å². The molecule has 108 heavy (non-hydrogen) atoms. The van der Waals surface area contributed by atoms with Gasteiger partial charge in [0.1, 0.15) is 23.8 Å². The molecule has 1 fully saturated rings. The molecule has 0 amide bonds. The van der Waals surface area contributed by atoms with Gasteiger partial charge in [-0.1, -0.05) is 283 Å². The van der Waals surface area contributed by atoms with Crippen LogP contribution in [0.1, 0.15) is 93.8 Å². The standard InChI is InChI=1S/2C22H30NO.C19H25NO.C13H20NO.C4H7Br.C2F6NO4S2.2CH4.BrH.Li/c2*1-5-16-23(3,4)18-19(2)22(24,21-14-10-7-11-15-21)17-20-12-8-6-9-13-20;1-16(15-20(2)3)19(21,18-12-8-5-9-13-18)14-17-10-6-4-7-11-17;1-14(9-5-8-13(14)11-15)10-12-6-3-2-4-7-12;1-2-3-4-5;3-1(4,5)14(10,11)9-15(12,13)2(6,7)8;;;;/h2*5-15,19,24H,1,16-18H2,2-4H3;4-13,16,21H,14-15H2,1-3H3;2-4,6-7,13,15H,5,8-11H2,1H3;2H,1,3-4H2;;2*1H4;1H;/q2*+1;;+1;;-1;;;;+1/p-1/t2*19-,22+;16-,19+;13-,14?;;;;;;/m1110....../s1. The van der Waals surface area contributed by atoms with Gasteiger partial charge in [-0.15, -0.1) is 6.58 Å². The van der Waals surface area contributed by atoms with Crippen molar-refractivity contribution in [2.45, 2.75) is 115 Å². The Kier molecular flexibility index (Phi) is 47.5. The zero-order valence-corrected chi connectivity index (χ0v) is 68.3. The fraction of sp³-hybridized carbons (Fsp3) is 0.429. The minimum absolute atomic E-state index is 0. The summed E-state index contributed by atoms with van der Waals surface area (Å²) < 4.78 is 112. The van der Waals surface area contributed by atoms with E-state index in [0.29, 0.717) is 31.9 Å². The molecule has 4 N–H and O–H groups in total.